The zero-order chi connectivity index (χ0) is 28.4. The first kappa shape index (κ1) is 31.2. The molecular weight excluding hydrogens is 476 g/mol. The van der Waals surface area contributed by atoms with E-state index in [0.717, 1.165) is 30.4 Å². The second-order valence-electron chi connectivity index (χ2n) is 8.74. The van der Waals surface area contributed by atoms with Crippen LogP contribution in [0.15, 0.2) is 157 Å². The van der Waals surface area contributed by atoms with E-state index in [1.54, 1.807) is 6.08 Å². The van der Waals surface area contributed by atoms with E-state index in [4.69, 9.17) is 4.74 Å². The highest BCUT2D eigenvalue weighted by molar-refractivity contribution is 5.57. The number of allylic oxidation sites excluding steroid dienone is 15. The summed E-state index contributed by atoms with van der Waals surface area (Å²) in [5.74, 6) is -5.19. The van der Waals surface area contributed by atoms with Gasteiger partial charge in [-0.3, -0.25) is 0 Å². The highest BCUT2D eigenvalue weighted by atomic mass is 19.2. The molecular formula is C32H34F4O. The zero-order valence-corrected chi connectivity index (χ0v) is 21.5. The number of ether oxygens (including phenoxy) is 1. The van der Waals surface area contributed by atoms with Gasteiger partial charge in [-0.1, -0.05) is 96.0 Å². The molecule has 1 aliphatic rings. The van der Waals surface area contributed by atoms with Crippen LogP contribution in [0.1, 0.15) is 26.2 Å². The molecule has 37 heavy (non-hydrogen) atoms. The molecule has 0 heterocycles. The smallest absolute Gasteiger partial charge is 0.200 e. The van der Waals surface area contributed by atoms with Crippen LogP contribution in [-0.4, -0.2) is 6.61 Å². The Morgan fingerprint density at radius 3 is 1.73 bits per heavy atom. The molecule has 0 saturated heterocycles. The summed E-state index contributed by atoms with van der Waals surface area (Å²) in [6.45, 7) is 34.5. The standard InChI is InChI=1S/C32H34F4O/c1-11-16-37-27(10)32(36)31(35)25(8)21(4)14-13-20(3)24(7)29(33)30(34)26(9)22(5)18-28-15-12-19(2)17-23(28)6/h11,13-14,18-19H,1,3-10,12,15-17H2,2H3/b14-13-,28-18-,30-29-,32-31-. The fourth-order valence-corrected chi connectivity index (χ4v) is 3.27. The van der Waals surface area contributed by atoms with Crippen LogP contribution >= 0.6 is 0 Å². The fraction of sp³-hybridized carbons (Fsp3) is 0.188. The molecule has 0 N–H and O–H groups in total. The maximum Gasteiger partial charge on any atom is 0.200 e. The van der Waals surface area contributed by atoms with Crippen LogP contribution in [0.5, 0.6) is 0 Å². The third kappa shape index (κ3) is 8.64. The Kier molecular flexibility index (Phi) is 11.8. The Labute approximate surface area is 218 Å². The molecule has 5 heteroatoms. The number of hydrogen-bond donors (Lipinski definition) is 0. The molecule has 0 bridgehead atoms. The Balaban J connectivity index is 2.96. The van der Waals surface area contributed by atoms with Gasteiger partial charge in [-0.25, -0.2) is 13.2 Å². The summed E-state index contributed by atoms with van der Waals surface area (Å²) < 4.78 is 63.1. The molecule has 1 fully saturated rings. The van der Waals surface area contributed by atoms with Crippen molar-refractivity contribution in [3.05, 3.63) is 157 Å². The van der Waals surface area contributed by atoms with Crippen molar-refractivity contribution in [2.24, 2.45) is 5.92 Å². The molecule has 1 unspecified atom stereocenters. The van der Waals surface area contributed by atoms with Crippen LogP contribution < -0.4 is 0 Å². The van der Waals surface area contributed by atoms with Crippen molar-refractivity contribution in [2.45, 2.75) is 26.2 Å². The van der Waals surface area contributed by atoms with Crippen molar-refractivity contribution in [1.82, 2.24) is 0 Å². The average molecular weight is 511 g/mol. The van der Waals surface area contributed by atoms with Crippen LogP contribution in [0.3, 0.4) is 0 Å². The molecule has 0 aromatic heterocycles. The molecule has 1 atom stereocenters. The van der Waals surface area contributed by atoms with Crippen molar-refractivity contribution in [1.29, 1.82) is 0 Å². The predicted octanol–water partition coefficient (Wildman–Crippen LogP) is 10.2. The summed E-state index contributed by atoms with van der Waals surface area (Å²) in [5, 5.41) is 0. The maximum absolute atomic E-state index is 14.9. The fourth-order valence-electron chi connectivity index (χ4n) is 3.27. The van der Waals surface area contributed by atoms with Gasteiger partial charge in [0.25, 0.3) is 0 Å². The highest BCUT2D eigenvalue weighted by Gasteiger charge is 2.20. The SMILES string of the molecule is C=CCOC(=C)/C(F)=C(/F)C(=C)C(=C)/C=C\C(=C)C(=C)/C(F)=C(/F)C(=C)C(=C)/C=C1/CCC(C)CC1=C. The molecule has 0 amide bonds. The lowest BCUT2D eigenvalue weighted by molar-refractivity contribution is 0.241. The van der Waals surface area contributed by atoms with Gasteiger partial charge in [-0.05, 0) is 47.5 Å². The summed E-state index contributed by atoms with van der Waals surface area (Å²) in [4.78, 5) is 0. The van der Waals surface area contributed by atoms with Crippen LogP contribution in [0.2, 0.25) is 0 Å². The normalized spacial score (nSPS) is 18.0. The van der Waals surface area contributed by atoms with Gasteiger partial charge in [-0.2, -0.15) is 4.39 Å². The van der Waals surface area contributed by atoms with Crippen molar-refractivity contribution < 1.29 is 22.3 Å². The highest BCUT2D eigenvalue weighted by Crippen LogP contribution is 2.35. The van der Waals surface area contributed by atoms with E-state index >= 15 is 0 Å². The van der Waals surface area contributed by atoms with Crippen LogP contribution in [-0.2, 0) is 4.74 Å². The molecule has 0 aliphatic heterocycles. The summed E-state index contributed by atoms with van der Waals surface area (Å²) in [6, 6.07) is 0. The van der Waals surface area contributed by atoms with Gasteiger partial charge < -0.3 is 4.74 Å². The second kappa shape index (κ2) is 14.0. The lowest BCUT2D eigenvalue weighted by Gasteiger charge is -2.23. The van der Waals surface area contributed by atoms with Gasteiger partial charge in [0.1, 0.15) is 6.61 Å². The minimum Gasteiger partial charge on any atom is -0.487 e. The topological polar surface area (TPSA) is 9.23 Å². The van der Waals surface area contributed by atoms with Gasteiger partial charge in [0.15, 0.2) is 23.2 Å². The van der Waals surface area contributed by atoms with E-state index < -0.39 is 34.6 Å². The first-order chi connectivity index (χ1) is 17.2. The molecule has 0 aromatic rings. The Bertz CT molecular complexity index is 1200. The van der Waals surface area contributed by atoms with Gasteiger partial charge in [0, 0.05) is 16.7 Å². The van der Waals surface area contributed by atoms with Crippen molar-refractivity contribution in [3.63, 3.8) is 0 Å². The minimum absolute atomic E-state index is 0.0309. The first-order valence-corrected chi connectivity index (χ1v) is 11.5. The van der Waals surface area contributed by atoms with Gasteiger partial charge in [0.2, 0.25) is 5.83 Å². The third-order valence-corrected chi connectivity index (χ3v) is 5.75. The predicted molar refractivity (Wildman–Crippen MR) is 148 cm³/mol. The summed E-state index contributed by atoms with van der Waals surface area (Å²) in [7, 11) is 0. The first-order valence-electron chi connectivity index (χ1n) is 11.5. The molecule has 0 spiro atoms. The van der Waals surface area contributed by atoms with E-state index in [0.29, 0.717) is 5.92 Å². The number of hydrogen-bond acceptors (Lipinski definition) is 1. The summed E-state index contributed by atoms with van der Waals surface area (Å²) >= 11 is 0. The third-order valence-electron chi connectivity index (χ3n) is 5.75. The molecule has 0 radical (unpaired) electrons. The van der Waals surface area contributed by atoms with Crippen molar-refractivity contribution in [2.75, 3.05) is 6.61 Å². The average Bonchev–Trinajstić information content (AvgIpc) is 2.88. The quantitative estimate of drug-likeness (QED) is 0.104. The van der Waals surface area contributed by atoms with Crippen LogP contribution in [0, 0.1) is 5.92 Å². The zero-order valence-electron chi connectivity index (χ0n) is 21.5. The van der Waals surface area contributed by atoms with E-state index in [2.05, 4.69) is 66.1 Å². The largest absolute Gasteiger partial charge is 0.487 e. The van der Waals surface area contributed by atoms with Crippen LogP contribution in [0.25, 0.3) is 0 Å². The molecule has 1 rings (SSSR count). The number of rotatable bonds is 13. The van der Waals surface area contributed by atoms with Gasteiger partial charge in [-0.15, -0.1) is 0 Å². The lowest BCUT2D eigenvalue weighted by Crippen LogP contribution is -2.07. The molecule has 0 aromatic carbocycles. The summed E-state index contributed by atoms with van der Waals surface area (Å²) in [6.07, 6.45) is 8.05. The maximum atomic E-state index is 14.9. The van der Waals surface area contributed by atoms with E-state index in [1.165, 1.54) is 18.2 Å². The van der Waals surface area contributed by atoms with Crippen molar-refractivity contribution >= 4 is 0 Å². The van der Waals surface area contributed by atoms with E-state index in [9.17, 15) is 17.6 Å². The Hall–Kier alpha value is -3.86. The lowest BCUT2D eigenvalue weighted by atomic mass is 9.82. The summed E-state index contributed by atoms with van der Waals surface area (Å²) in [5.41, 5.74) is 1.05. The van der Waals surface area contributed by atoms with E-state index in [-0.39, 0.29) is 34.5 Å². The van der Waals surface area contributed by atoms with Crippen LogP contribution in [0.4, 0.5) is 17.6 Å². The van der Waals surface area contributed by atoms with Gasteiger partial charge in [0.05, 0.1) is 0 Å². The molecule has 1 aliphatic carbocycles. The molecule has 196 valence electrons. The monoisotopic (exact) mass is 510 g/mol. The molecule has 1 saturated carbocycles. The molecule has 1 nitrogen and oxygen atoms in total. The Morgan fingerprint density at radius 2 is 1.27 bits per heavy atom. The van der Waals surface area contributed by atoms with Crippen molar-refractivity contribution in [3.8, 4) is 0 Å². The van der Waals surface area contributed by atoms with Gasteiger partial charge >= 0.3 is 0 Å². The second-order valence-corrected chi connectivity index (χ2v) is 8.74. The Morgan fingerprint density at radius 1 is 0.811 bits per heavy atom. The van der Waals surface area contributed by atoms with E-state index in [1.807, 2.05) is 0 Å². The number of halogens is 4. The minimum atomic E-state index is -1.35.